The first-order valence-electron chi connectivity index (χ1n) is 4.17. The molecule has 0 aromatic carbocycles. The molecule has 0 saturated carbocycles. The molecule has 0 aliphatic rings. The predicted molar refractivity (Wildman–Crippen MR) is 52.7 cm³/mol. The van der Waals surface area contributed by atoms with Crippen LogP contribution >= 0.6 is 0 Å². The van der Waals surface area contributed by atoms with E-state index in [1.54, 1.807) is 6.08 Å². The van der Waals surface area contributed by atoms with Gasteiger partial charge in [-0.25, -0.2) is 4.79 Å². The van der Waals surface area contributed by atoms with Gasteiger partial charge in [0.05, 0.1) is 0 Å². The van der Waals surface area contributed by atoms with Gasteiger partial charge in [0, 0.05) is 6.08 Å². The van der Waals surface area contributed by atoms with Crippen molar-refractivity contribution in [2.24, 2.45) is 0 Å². The van der Waals surface area contributed by atoms with Crippen molar-refractivity contribution in [1.82, 2.24) is 0 Å². The number of carboxylic acid groups (broad SMARTS) is 1. The van der Waals surface area contributed by atoms with Crippen LogP contribution in [0.1, 0.15) is 39.0 Å². The molecule has 12 heavy (non-hydrogen) atoms. The standard InChI is InChI=1S/C9H16O2.Na.H/c1-2-3-4-5-6-7-8-9(10)11;;/h7-8H,2-6H2,1H3,(H,10,11);;. The summed E-state index contributed by atoms with van der Waals surface area (Å²) in [6, 6.07) is 0. The van der Waals surface area contributed by atoms with Gasteiger partial charge < -0.3 is 5.11 Å². The molecule has 0 spiro atoms. The summed E-state index contributed by atoms with van der Waals surface area (Å²) in [5, 5.41) is 8.23. The van der Waals surface area contributed by atoms with Crippen molar-refractivity contribution in [2.45, 2.75) is 39.0 Å². The van der Waals surface area contributed by atoms with E-state index >= 15 is 0 Å². The summed E-state index contributed by atoms with van der Waals surface area (Å²) in [5.74, 6) is -0.847. The molecule has 2 nitrogen and oxygen atoms in total. The molecule has 0 aromatic rings. The molecular weight excluding hydrogens is 163 g/mol. The quantitative estimate of drug-likeness (QED) is 0.385. The van der Waals surface area contributed by atoms with Crippen LogP contribution in [0.5, 0.6) is 0 Å². The first-order chi connectivity index (χ1) is 5.27. The minimum absolute atomic E-state index is 0. The summed E-state index contributed by atoms with van der Waals surface area (Å²) in [6.45, 7) is 2.16. The van der Waals surface area contributed by atoms with Crippen molar-refractivity contribution in [3.8, 4) is 0 Å². The van der Waals surface area contributed by atoms with E-state index in [4.69, 9.17) is 5.11 Å². The average Bonchev–Trinajstić information content (AvgIpc) is 1.96. The molecule has 0 radical (unpaired) electrons. The third-order valence-electron chi connectivity index (χ3n) is 1.48. The Bertz CT molecular complexity index is 132. The van der Waals surface area contributed by atoms with Gasteiger partial charge in [0.1, 0.15) is 0 Å². The van der Waals surface area contributed by atoms with Crippen molar-refractivity contribution < 1.29 is 9.90 Å². The predicted octanol–water partition coefficient (Wildman–Crippen LogP) is 1.95. The van der Waals surface area contributed by atoms with Crippen molar-refractivity contribution in [1.29, 1.82) is 0 Å². The molecule has 0 bridgehead atoms. The van der Waals surface area contributed by atoms with E-state index in [9.17, 15) is 4.79 Å². The van der Waals surface area contributed by atoms with Crippen molar-refractivity contribution in [3.05, 3.63) is 12.2 Å². The number of hydrogen-bond donors (Lipinski definition) is 1. The summed E-state index contributed by atoms with van der Waals surface area (Å²) < 4.78 is 0. The van der Waals surface area contributed by atoms with Gasteiger partial charge >= 0.3 is 35.5 Å². The molecule has 0 atom stereocenters. The van der Waals surface area contributed by atoms with Crippen LogP contribution in [0, 0.1) is 0 Å². The molecule has 66 valence electrons. The second-order valence-electron chi connectivity index (χ2n) is 2.59. The molecule has 0 rings (SSSR count). The third-order valence-corrected chi connectivity index (χ3v) is 1.48. The molecule has 0 aliphatic heterocycles. The van der Waals surface area contributed by atoms with E-state index in [0.717, 1.165) is 12.8 Å². The fourth-order valence-corrected chi connectivity index (χ4v) is 0.873. The molecule has 3 heteroatoms. The van der Waals surface area contributed by atoms with Crippen molar-refractivity contribution >= 4 is 35.5 Å². The molecule has 0 fully saturated rings. The number of hydrogen-bond acceptors (Lipinski definition) is 1. The number of allylic oxidation sites excluding steroid dienone is 1. The SMILES string of the molecule is CCCCCCC=CC(=O)O.[NaH]. The van der Waals surface area contributed by atoms with Gasteiger partial charge in [-0.15, -0.1) is 0 Å². The van der Waals surface area contributed by atoms with Gasteiger partial charge in [-0.1, -0.05) is 32.3 Å². The molecule has 0 unspecified atom stereocenters. The average molecular weight is 180 g/mol. The number of aliphatic carboxylic acids is 1. The van der Waals surface area contributed by atoms with Gasteiger partial charge in [0.2, 0.25) is 0 Å². The number of rotatable bonds is 6. The first kappa shape index (κ1) is 14.7. The van der Waals surface area contributed by atoms with Crippen LogP contribution in [0.25, 0.3) is 0 Å². The summed E-state index contributed by atoms with van der Waals surface area (Å²) in [4.78, 5) is 10.0. The van der Waals surface area contributed by atoms with Gasteiger partial charge in [-0.2, -0.15) is 0 Å². The minimum atomic E-state index is -0.847. The molecular formula is C9H17NaO2. The summed E-state index contributed by atoms with van der Waals surface area (Å²) in [6.07, 6.45) is 8.62. The van der Waals surface area contributed by atoms with Crippen LogP contribution in [-0.2, 0) is 4.79 Å². The maximum absolute atomic E-state index is 10.0. The summed E-state index contributed by atoms with van der Waals surface area (Å²) in [7, 11) is 0. The number of carboxylic acids is 1. The Balaban J connectivity index is 0. The fraction of sp³-hybridized carbons (Fsp3) is 0.667. The van der Waals surface area contributed by atoms with Gasteiger partial charge in [-0.05, 0) is 12.8 Å². The Morgan fingerprint density at radius 3 is 2.50 bits per heavy atom. The van der Waals surface area contributed by atoms with Crippen LogP contribution in [0.2, 0.25) is 0 Å². The maximum atomic E-state index is 10.0. The van der Waals surface area contributed by atoms with Gasteiger partial charge in [0.25, 0.3) is 0 Å². The van der Waals surface area contributed by atoms with Gasteiger partial charge in [0.15, 0.2) is 0 Å². The van der Waals surface area contributed by atoms with Crippen molar-refractivity contribution in [3.63, 3.8) is 0 Å². The van der Waals surface area contributed by atoms with Crippen LogP contribution in [0.3, 0.4) is 0 Å². The molecule has 0 aromatic heterocycles. The normalized spacial score (nSPS) is 9.75. The van der Waals surface area contributed by atoms with E-state index in [0.29, 0.717) is 0 Å². The topological polar surface area (TPSA) is 37.3 Å². The molecule has 0 amide bonds. The molecule has 0 aliphatic carbocycles. The monoisotopic (exact) mass is 180 g/mol. The van der Waals surface area contributed by atoms with Crippen LogP contribution in [0.4, 0.5) is 0 Å². The molecule has 0 saturated heterocycles. The Labute approximate surface area is 96.3 Å². The van der Waals surface area contributed by atoms with Crippen molar-refractivity contribution in [2.75, 3.05) is 0 Å². The van der Waals surface area contributed by atoms with Crippen LogP contribution in [-0.4, -0.2) is 40.6 Å². The van der Waals surface area contributed by atoms with E-state index in [2.05, 4.69) is 6.92 Å². The van der Waals surface area contributed by atoms with Gasteiger partial charge in [-0.3, -0.25) is 0 Å². The Kier molecular flexibility index (Phi) is 13.7. The summed E-state index contributed by atoms with van der Waals surface area (Å²) in [5.41, 5.74) is 0. The molecule has 1 N–H and O–H groups in total. The third kappa shape index (κ3) is 12.8. The van der Waals surface area contributed by atoms with E-state index in [1.165, 1.54) is 25.3 Å². The van der Waals surface area contributed by atoms with E-state index < -0.39 is 5.97 Å². The van der Waals surface area contributed by atoms with E-state index in [1.807, 2.05) is 0 Å². The summed E-state index contributed by atoms with van der Waals surface area (Å²) >= 11 is 0. The number of carbonyl (C=O) groups is 1. The molecule has 0 heterocycles. The van der Waals surface area contributed by atoms with Crippen LogP contribution in [0.15, 0.2) is 12.2 Å². The zero-order chi connectivity index (χ0) is 8.53. The second-order valence-corrected chi connectivity index (χ2v) is 2.59. The van der Waals surface area contributed by atoms with E-state index in [-0.39, 0.29) is 29.6 Å². The first-order valence-corrected chi connectivity index (χ1v) is 4.17. The zero-order valence-electron chi connectivity index (χ0n) is 7.05. The second kappa shape index (κ2) is 11.2. The zero-order valence-corrected chi connectivity index (χ0v) is 7.05. The Hall–Kier alpha value is 0.210. The Morgan fingerprint density at radius 1 is 1.33 bits per heavy atom. The fourth-order valence-electron chi connectivity index (χ4n) is 0.873. The Morgan fingerprint density at radius 2 is 2.00 bits per heavy atom. The number of unbranched alkanes of at least 4 members (excludes halogenated alkanes) is 4. The van der Waals surface area contributed by atoms with Crippen LogP contribution < -0.4 is 0 Å².